The van der Waals surface area contributed by atoms with Crippen LogP contribution in [0, 0.1) is 0 Å². The third-order valence-electron chi connectivity index (χ3n) is 3.57. The summed E-state index contributed by atoms with van der Waals surface area (Å²) in [4.78, 5) is 13.0. The summed E-state index contributed by atoms with van der Waals surface area (Å²) in [6.45, 7) is 0. The summed E-state index contributed by atoms with van der Waals surface area (Å²) < 4.78 is 44.8. The van der Waals surface area contributed by atoms with Crippen LogP contribution in [0.3, 0.4) is 0 Å². The third-order valence-corrected chi connectivity index (χ3v) is 4.29. The minimum absolute atomic E-state index is 0.0984. The molecule has 116 valence electrons. The van der Waals surface area contributed by atoms with Crippen LogP contribution in [0.4, 0.5) is 13.2 Å². The smallest absolute Gasteiger partial charge is 0.360 e. The number of carbonyl (C=O) groups excluding carboxylic acids is 1. The van der Waals surface area contributed by atoms with E-state index in [1.54, 1.807) is 6.26 Å². The molecule has 3 rings (SSSR count). The van der Waals surface area contributed by atoms with E-state index >= 15 is 0 Å². The number of hydrogen-bond donors (Lipinski definition) is 0. The first kappa shape index (κ1) is 15.1. The highest BCUT2D eigenvalue weighted by atomic mass is 32.2. The summed E-state index contributed by atoms with van der Waals surface area (Å²) in [5, 5.41) is 3.57. The topological polar surface area (TPSA) is 43.1 Å². The number of rotatable bonds is 4. The van der Waals surface area contributed by atoms with Gasteiger partial charge in [-0.15, -0.1) is 11.8 Å². The summed E-state index contributed by atoms with van der Waals surface area (Å²) in [6, 6.07) is 3.74. The van der Waals surface area contributed by atoms with E-state index < -0.39 is 17.5 Å². The first-order valence-electron chi connectivity index (χ1n) is 6.66. The van der Waals surface area contributed by atoms with Gasteiger partial charge in [0.1, 0.15) is 0 Å². The molecule has 0 N–H and O–H groups in total. The normalized spacial score (nSPS) is 15.1. The van der Waals surface area contributed by atoms with Crippen molar-refractivity contribution in [1.82, 2.24) is 5.16 Å². The Morgan fingerprint density at radius 1 is 1.32 bits per heavy atom. The number of carbonyl (C=O) groups is 1. The van der Waals surface area contributed by atoms with Gasteiger partial charge in [0.15, 0.2) is 11.5 Å². The molecule has 22 heavy (non-hydrogen) atoms. The SMILES string of the molecule is CSc1ccc(C(=O)c2cnoc2C2CC2)c(C(F)(F)F)c1. The molecule has 0 spiro atoms. The van der Waals surface area contributed by atoms with Crippen molar-refractivity contribution in [3.05, 3.63) is 46.8 Å². The lowest BCUT2D eigenvalue weighted by atomic mass is 9.97. The molecule has 1 aromatic heterocycles. The molecule has 0 saturated heterocycles. The monoisotopic (exact) mass is 327 g/mol. The maximum Gasteiger partial charge on any atom is 0.417 e. The average molecular weight is 327 g/mol. The van der Waals surface area contributed by atoms with Gasteiger partial charge in [-0.05, 0) is 37.3 Å². The summed E-state index contributed by atoms with van der Waals surface area (Å²) >= 11 is 1.19. The maximum absolute atomic E-state index is 13.2. The van der Waals surface area contributed by atoms with Crippen LogP contribution in [-0.4, -0.2) is 17.2 Å². The number of halogens is 3. The zero-order chi connectivity index (χ0) is 15.9. The lowest BCUT2D eigenvalue weighted by Gasteiger charge is -2.13. The van der Waals surface area contributed by atoms with Gasteiger partial charge in [0.2, 0.25) is 0 Å². The van der Waals surface area contributed by atoms with E-state index in [0.717, 1.165) is 18.9 Å². The number of nitrogens with zero attached hydrogens (tertiary/aromatic N) is 1. The predicted octanol–water partition coefficient (Wildman–Crippen LogP) is 4.52. The van der Waals surface area contributed by atoms with Gasteiger partial charge in [-0.2, -0.15) is 13.2 Å². The van der Waals surface area contributed by atoms with Crippen LogP contribution in [0.5, 0.6) is 0 Å². The van der Waals surface area contributed by atoms with Crippen molar-refractivity contribution in [3.8, 4) is 0 Å². The fraction of sp³-hybridized carbons (Fsp3) is 0.333. The highest BCUT2D eigenvalue weighted by molar-refractivity contribution is 7.98. The van der Waals surface area contributed by atoms with Crippen LogP contribution in [-0.2, 0) is 6.18 Å². The van der Waals surface area contributed by atoms with Gasteiger partial charge < -0.3 is 4.52 Å². The molecule has 0 aliphatic heterocycles. The lowest BCUT2D eigenvalue weighted by molar-refractivity contribution is -0.138. The van der Waals surface area contributed by atoms with Gasteiger partial charge >= 0.3 is 6.18 Å². The van der Waals surface area contributed by atoms with Crippen molar-refractivity contribution in [2.24, 2.45) is 0 Å². The quantitative estimate of drug-likeness (QED) is 0.611. The molecule has 2 aromatic rings. The molecule has 7 heteroatoms. The van der Waals surface area contributed by atoms with E-state index in [1.807, 2.05) is 0 Å². The van der Waals surface area contributed by atoms with E-state index in [4.69, 9.17) is 4.52 Å². The van der Waals surface area contributed by atoms with E-state index in [0.29, 0.717) is 10.7 Å². The first-order valence-corrected chi connectivity index (χ1v) is 7.88. The maximum atomic E-state index is 13.2. The highest BCUT2D eigenvalue weighted by Crippen LogP contribution is 2.43. The zero-order valence-corrected chi connectivity index (χ0v) is 12.4. The lowest BCUT2D eigenvalue weighted by Crippen LogP contribution is -2.14. The minimum Gasteiger partial charge on any atom is -0.360 e. The number of thioether (sulfide) groups is 1. The Kier molecular flexibility index (Phi) is 3.76. The van der Waals surface area contributed by atoms with Crippen molar-refractivity contribution >= 4 is 17.5 Å². The van der Waals surface area contributed by atoms with Crippen LogP contribution in [0.2, 0.25) is 0 Å². The summed E-state index contributed by atoms with van der Waals surface area (Å²) in [7, 11) is 0. The highest BCUT2D eigenvalue weighted by Gasteiger charge is 2.38. The van der Waals surface area contributed by atoms with Crippen molar-refractivity contribution in [3.63, 3.8) is 0 Å². The fourth-order valence-corrected chi connectivity index (χ4v) is 2.73. The van der Waals surface area contributed by atoms with Crippen LogP contribution >= 0.6 is 11.8 Å². The third kappa shape index (κ3) is 2.77. The van der Waals surface area contributed by atoms with Crippen LogP contribution in [0.1, 0.15) is 46.0 Å². The number of ketones is 1. The van der Waals surface area contributed by atoms with Gasteiger partial charge in [0.25, 0.3) is 0 Å². The number of hydrogen-bond acceptors (Lipinski definition) is 4. The van der Waals surface area contributed by atoms with Gasteiger partial charge in [-0.3, -0.25) is 4.79 Å². The summed E-state index contributed by atoms with van der Waals surface area (Å²) in [6.07, 6.45) is 0.0362. The Labute approximate surface area is 128 Å². The van der Waals surface area contributed by atoms with Gasteiger partial charge in [-0.1, -0.05) is 5.16 Å². The van der Waals surface area contributed by atoms with Crippen molar-refractivity contribution in [2.75, 3.05) is 6.26 Å². The molecule has 3 nitrogen and oxygen atoms in total. The Morgan fingerprint density at radius 3 is 2.64 bits per heavy atom. The molecule has 0 amide bonds. The molecule has 1 fully saturated rings. The minimum atomic E-state index is -4.59. The van der Waals surface area contributed by atoms with E-state index in [1.165, 1.54) is 30.1 Å². The second-order valence-electron chi connectivity index (χ2n) is 5.12. The van der Waals surface area contributed by atoms with Crippen LogP contribution < -0.4 is 0 Å². The van der Waals surface area contributed by atoms with Crippen molar-refractivity contribution in [1.29, 1.82) is 0 Å². The molecular formula is C15H12F3NO2S. The Bertz CT molecular complexity index is 720. The number of aromatic nitrogens is 1. The molecule has 0 radical (unpaired) electrons. The molecule has 1 aromatic carbocycles. The van der Waals surface area contributed by atoms with Crippen molar-refractivity contribution < 1.29 is 22.5 Å². The second-order valence-corrected chi connectivity index (χ2v) is 6.00. The van der Waals surface area contributed by atoms with Crippen LogP contribution in [0.15, 0.2) is 33.8 Å². The summed E-state index contributed by atoms with van der Waals surface area (Å²) in [5.41, 5.74) is -1.16. The number of alkyl halides is 3. The molecule has 1 heterocycles. The molecule has 0 atom stereocenters. The van der Waals surface area contributed by atoms with Crippen molar-refractivity contribution in [2.45, 2.75) is 29.8 Å². The Hall–Kier alpha value is -1.76. The predicted molar refractivity (Wildman–Crippen MR) is 75.1 cm³/mol. The van der Waals surface area contributed by atoms with Gasteiger partial charge in [0.05, 0.1) is 17.3 Å². The molecule has 1 aliphatic carbocycles. The van der Waals surface area contributed by atoms with Gasteiger partial charge in [0, 0.05) is 16.4 Å². The molecule has 1 saturated carbocycles. The summed E-state index contributed by atoms with van der Waals surface area (Å²) in [5.74, 6) is -0.198. The largest absolute Gasteiger partial charge is 0.417 e. The standard InChI is InChI=1S/C15H12F3NO2S/c1-22-9-4-5-10(12(6-9)15(16,17)18)13(20)11-7-19-21-14(11)8-2-3-8/h4-8H,2-3H2,1H3. The Balaban J connectivity index is 2.07. The molecular weight excluding hydrogens is 315 g/mol. The van der Waals surface area contributed by atoms with E-state index in [9.17, 15) is 18.0 Å². The molecule has 1 aliphatic rings. The number of benzene rings is 1. The molecule has 0 unspecified atom stereocenters. The van der Waals surface area contributed by atoms with Gasteiger partial charge in [-0.25, -0.2) is 0 Å². The van der Waals surface area contributed by atoms with E-state index in [-0.39, 0.29) is 17.0 Å². The fourth-order valence-electron chi connectivity index (χ4n) is 2.29. The first-order chi connectivity index (χ1) is 10.4. The second kappa shape index (κ2) is 5.46. The van der Waals surface area contributed by atoms with Crippen LogP contribution in [0.25, 0.3) is 0 Å². The Morgan fingerprint density at radius 2 is 2.05 bits per heavy atom. The molecule has 0 bridgehead atoms. The zero-order valence-electron chi connectivity index (χ0n) is 11.6. The average Bonchev–Trinajstić information content (AvgIpc) is 3.22. The van der Waals surface area contributed by atoms with E-state index in [2.05, 4.69) is 5.16 Å².